The molecule has 0 saturated carbocycles. The Bertz CT molecular complexity index is 887. The molecule has 0 aliphatic rings. The predicted molar refractivity (Wildman–Crippen MR) is 112 cm³/mol. The summed E-state index contributed by atoms with van der Waals surface area (Å²) in [6, 6.07) is 7.68. The maximum atomic E-state index is 11.4. The highest BCUT2D eigenvalue weighted by Crippen LogP contribution is 2.24. The van der Waals surface area contributed by atoms with Crippen LogP contribution < -0.4 is 0 Å². The molecule has 0 heterocycles. The number of carboxylic acids is 2. The van der Waals surface area contributed by atoms with Crippen LogP contribution in [0, 0.1) is 11.8 Å². The number of hydrogen-bond donors (Lipinski definition) is 2. The Hall–Kier alpha value is -2.80. The third-order valence-corrected chi connectivity index (χ3v) is 4.87. The van der Waals surface area contributed by atoms with E-state index in [-0.39, 0.29) is 11.1 Å². The molecular weight excluding hydrogens is 352 g/mol. The minimum atomic E-state index is -1.04. The summed E-state index contributed by atoms with van der Waals surface area (Å²) in [5, 5.41) is 19.7. The molecule has 0 fully saturated rings. The van der Waals surface area contributed by atoms with Crippen molar-refractivity contribution in [2.45, 2.75) is 64.7 Å². The molecular formula is C24H28O4. The largest absolute Gasteiger partial charge is 0.478 e. The second kappa shape index (κ2) is 11.1. The zero-order chi connectivity index (χ0) is 20.4. The molecule has 4 heteroatoms. The summed E-state index contributed by atoms with van der Waals surface area (Å²) in [6.07, 6.45) is 10.8. The first kappa shape index (κ1) is 21.5. The molecule has 2 aromatic rings. The lowest BCUT2D eigenvalue weighted by Gasteiger charge is -2.06. The van der Waals surface area contributed by atoms with Crippen molar-refractivity contribution in [1.82, 2.24) is 0 Å². The van der Waals surface area contributed by atoms with Crippen molar-refractivity contribution >= 4 is 22.7 Å². The van der Waals surface area contributed by atoms with Crippen LogP contribution in [0.15, 0.2) is 30.3 Å². The van der Waals surface area contributed by atoms with Crippen LogP contribution in [0.5, 0.6) is 0 Å². The lowest BCUT2D eigenvalue weighted by molar-refractivity contribution is 0.0688. The standard InChI is InChI=1S/C24H28O4/c1-2-3-4-5-6-7-8-9-10-11-12-18-13-16-21(24(27)28)20-15-14-19(23(25)26)17-22(18)20/h13-17H,2-10H2,1H3,(H,25,26)(H,27,28). The van der Waals surface area contributed by atoms with Crippen LogP contribution in [-0.2, 0) is 0 Å². The van der Waals surface area contributed by atoms with Crippen LogP contribution in [0.4, 0.5) is 0 Å². The molecule has 0 radical (unpaired) electrons. The van der Waals surface area contributed by atoms with Gasteiger partial charge >= 0.3 is 11.9 Å². The monoisotopic (exact) mass is 380 g/mol. The average molecular weight is 380 g/mol. The van der Waals surface area contributed by atoms with Gasteiger partial charge in [0.15, 0.2) is 0 Å². The van der Waals surface area contributed by atoms with Crippen molar-refractivity contribution in [2.24, 2.45) is 0 Å². The quantitative estimate of drug-likeness (QED) is 0.385. The Morgan fingerprint density at radius 3 is 2.14 bits per heavy atom. The summed E-state index contributed by atoms with van der Waals surface area (Å²) in [6.45, 7) is 2.22. The van der Waals surface area contributed by atoms with Crippen molar-refractivity contribution in [3.63, 3.8) is 0 Å². The van der Waals surface area contributed by atoms with Crippen LogP contribution >= 0.6 is 0 Å². The van der Waals surface area contributed by atoms with E-state index >= 15 is 0 Å². The van der Waals surface area contributed by atoms with Gasteiger partial charge in [-0.3, -0.25) is 0 Å². The van der Waals surface area contributed by atoms with Gasteiger partial charge in [-0.15, -0.1) is 0 Å². The van der Waals surface area contributed by atoms with E-state index in [0.717, 1.165) is 12.8 Å². The van der Waals surface area contributed by atoms with Crippen molar-refractivity contribution in [3.8, 4) is 11.8 Å². The van der Waals surface area contributed by atoms with Gasteiger partial charge in [0.1, 0.15) is 0 Å². The van der Waals surface area contributed by atoms with Crippen molar-refractivity contribution in [1.29, 1.82) is 0 Å². The molecule has 4 nitrogen and oxygen atoms in total. The van der Waals surface area contributed by atoms with Crippen molar-refractivity contribution < 1.29 is 19.8 Å². The topological polar surface area (TPSA) is 74.6 Å². The molecule has 0 atom stereocenters. The van der Waals surface area contributed by atoms with E-state index in [0.29, 0.717) is 16.3 Å². The average Bonchev–Trinajstić information content (AvgIpc) is 2.68. The molecule has 0 spiro atoms. The molecule has 0 amide bonds. The van der Waals surface area contributed by atoms with Gasteiger partial charge in [-0.05, 0) is 41.5 Å². The summed E-state index contributed by atoms with van der Waals surface area (Å²) >= 11 is 0. The molecule has 2 rings (SSSR count). The van der Waals surface area contributed by atoms with Gasteiger partial charge in [0.2, 0.25) is 0 Å². The first-order chi connectivity index (χ1) is 13.5. The van der Waals surface area contributed by atoms with Crippen molar-refractivity contribution in [2.75, 3.05) is 0 Å². The molecule has 0 aliphatic carbocycles. The molecule has 0 aromatic heterocycles. The van der Waals surface area contributed by atoms with E-state index in [4.69, 9.17) is 0 Å². The SMILES string of the molecule is CCCCCCCCCCC#Cc1ccc(C(=O)O)c2ccc(C(=O)O)cc12. The Morgan fingerprint density at radius 1 is 0.821 bits per heavy atom. The summed E-state index contributed by atoms with van der Waals surface area (Å²) in [5.74, 6) is 4.18. The van der Waals surface area contributed by atoms with Gasteiger partial charge in [-0.2, -0.15) is 0 Å². The highest BCUT2D eigenvalue weighted by Gasteiger charge is 2.13. The Labute approximate surface area is 166 Å². The summed E-state index contributed by atoms with van der Waals surface area (Å²) < 4.78 is 0. The number of aromatic carboxylic acids is 2. The molecule has 148 valence electrons. The van der Waals surface area contributed by atoms with E-state index in [1.807, 2.05) is 0 Å². The second-order valence-electron chi connectivity index (χ2n) is 7.06. The van der Waals surface area contributed by atoms with E-state index < -0.39 is 11.9 Å². The number of fused-ring (bicyclic) bond motifs is 1. The lowest BCUT2D eigenvalue weighted by Crippen LogP contribution is -2.01. The minimum Gasteiger partial charge on any atom is -0.478 e. The fourth-order valence-electron chi connectivity index (χ4n) is 3.28. The first-order valence-electron chi connectivity index (χ1n) is 10.1. The van der Waals surface area contributed by atoms with Crippen LogP contribution in [0.3, 0.4) is 0 Å². The molecule has 28 heavy (non-hydrogen) atoms. The number of carbonyl (C=O) groups is 2. The van der Waals surface area contributed by atoms with Gasteiger partial charge in [-0.25, -0.2) is 9.59 Å². The molecule has 2 aromatic carbocycles. The molecule has 0 saturated heterocycles. The number of rotatable bonds is 10. The lowest BCUT2D eigenvalue weighted by atomic mass is 9.97. The van der Waals surface area contributed by atoms with Gasteiger partial charge in [-0.1, -0.05) is 69.8 Å². The maximum absolute atomic E-state index is 11.4. The third-order valence-electron chi connectivity index (χ3n) is 4.87. The van der Waals surface area contributed by atoms with Crippen LogP contribution in [0.25, 0.3) is 10.8 Å². The number of hydrogen-bond acceptors (Lipinski definition) is 2. The summed E-state index contributed by atoms with van der Waals surface area (Å²) in [7, 11) is 0. The fraction of sp³-hybridized carbons (Fsp3) is 0.417. The highest BCUT2D eigenvalue weighted by molar-refractivity contribution is 6.07. The van der Waals surface area contributed by atoms with Crippen LogP contribution in [0.1, 0.15) is 91.0 Å². The maximum Gasteiger partial charge on any atom is 0.336 e. The molecule has 2 N–H and O–H groups in total. The van der Waals surface area contributed by atoms with E-state index in [9.17, 15) is 19.8 Å². The third kappa shape index (κ3) is 6.13. The minimum absolute atomic E-state index is 0.126. The fourth-order valence-corrected chi connectivity index (χ4v) is 3.28. The zero-order valence-corrected chi connectivity index (χ0v) is 16.5. The number of benzene rings is 2. The predicted octanol–water partition coefficient (Wildman–Crippen LogP) is 6.12. The smallest absolute Gasteiger partial charge is 0.336 e. The summed E-state index contributed by atoms with van der Waals surface area (Å²) in [5.41, 5.74) is 0.949. The number of unbranched alkanes of at least 4 members (excludes halogenated alkanes) is 8. The number of carboxylic acid groups (broad SMARTS) is 2. The van der Waals surface area contributed by atoms with E-state index in [2.05, 4.69) is 18.8 Å². The first-order valence-corrected chi connectivity index (χ1v) is 10.1. The van der Waals surface area contributed by atoms with Gasteiger partial charge in [0.25, 0.3) is 0 Å². The highest BCUT2D eigenvalue weighted by atomic mass is 16.4. The zero-order valence-electron chi connectivity index (χ0n) is 16.5. The Balaban J connectivity index is 2.04. The van der Waals surface area contributed by atoms with Gasteiger partial charge < -0.3 is 10.2 Å². The van der Waals surface area contributed by atoms with Crippen molar-refractivity contribution in [3.05, 3.63) is 47.0 Å². The normalized spacial score (nSPS) is 10.5. The summed E-state index contributed by atoms with van der Waals surface area (Å²) in [4.78, 5) is 22.7. The van der Waals surface area contributed by atoms with E-state index in [1.165, 1.54) is 63.1 Å². The van der Waals surface area contributed by atoms with Gasteiger partial charge in [0.05, 0.1) is 11.1 Å². The molecule has 0 unspecified atom stereocenters. The second-order valence-corrected chi connectivity index (χ2v) is 7.06. The molecule has 0 bridgehead atoms. The Kier molecular flexibility index (Phi) is 8.55. The van der Waals surface area contributed by atoms with E-state index in [1.54, 1.807) is 12.1 Å². The Morgan fingerprint density at radius 2 is 1.50 bits per heavy atom. The molecule has 0 aliphatic heterocycles. The van der Waals surface area contributed by atoms with Crippen LogP contribution in [0.2, 0.25) is 0 Å². The van der Waals surface area contributed by atoms with Gasteiger partial charge in [0, 0.05) is 12.0 Å². The van der Waals surface area contributed by atoms with Crippen LogP contribution in [-0.4, -0.2) is 22.2 Å².